The summed E-state index contributed by atoms with van der Waals surface area (Å²) in [5, 5.41) is 0. The van der Waals surface area contributed by atoms with Gasteiger partial charge in [0.2, 0.25) is 0 Å². The number of ether oxygens (including phenoxy) is 1. The summed E-state index contributed by atoms with van der Waals surface area (Å²) >= 11 is 0. The van der Waals surface area contributed by atoms with E-state index >= 15 is 0 Å². The number of rotatable bonds is 7. The van der Waals surface area contributed by atoms with Crippen molar-refractivity contribution in [2.24, 2.45) is 5.73 Å². The maximum Gasteiger partial charge on any atom is 0.0713 e. The first-order valence-corrected chi connectivity index (χ1v) is 5.71. The van der Waals surface area contributed by atoms with Crippen LogP contribution in [0, 0.1) is 0 Å². The molecule has 3 heteroatoms. The molecule has 0 saturated heterocycles. The van der Waals surface area contributed by atoms with Gasteiger partial charge in [-0.2, -0.15) is 0 Å². The minimum atomic E-state index is 0.681. The number of methoxy groups -OCH3 is 1. The highest BCUT2D eigenvalue weighted by atomic mass is 16.5. The van der Waals surface area contributed by atoms with Gasteiger partial charge in [0, 0.05) is 13.7 Å². The second-order valence-electron chi connectivity index (χ2n) is 4.13. The quantitative estimate of drug-likeness (QED) is 0.762. The van der Waals surface area contributed by atoms with Gasteiger partial charge in [-0.1, -0.05) is 24.3 Å². The van der Waals surface area contributed by atoms with Gasteiger partial charge in [-0.15, -0.1) is 0 Å². The van der Waals surface area contributed by atoms with Crippen LogP contribution in [0.5, 0.6) is 0 Å². The van der Waals surface area contributed by atoms with Crippen molar-refractivity contribution < 1.29 is 4.74 Å². The highest BCUT2D eigenvalue weighted by Crippen LogP contribution is 2.08. The van der Waals surface area contributed by atoms with Crippen LogP contribution in [0.2, 0.25) is 0 Å². The molecule has 0 atom stereocenters. The lowest BCUT2D eigenvalue weighted by Gasteiger charge is -2.16. The molecule has 90 valence electrons. The van der Waals surface area contributed by atoms with E-state index in [0.29, 0.717) is 6.61 Å². The number of nitrogens with zero attached hydrogens (tertiary/aromatic N) is 1. The summed E-state index contributed by atoms with van der Waals surface area (Å²) in [5.74, 6) is 0. The first kappa shape index (κ1) is 13.2. The van der Waals surface area contributed by atoms with Crippen molar-refractivity contribution >= 4 is 0 Å². The predicted molar refractivity (Wildman–Crippen MR) is 67.2 cm³/mol. The van der Waals surface area contributed by atoms with Crippen molar-refractivity contribution in [1.82, 2.24) is 4.90 Å². The third-order valence-electron chi connectivity index (χ3n) is 2.50. The van der Waals surface area contributed by atoms with E-state index in [1.807, 2.05) is 0 Å². The molecule has 16 heavy (non-hydrogen) atoms. The molecule has 0 aliphatic heterocycles. The molecular formula is C13H22N2O. The Bertz CT molecular complexity index is 302. The summed E-state index contributed by atoms with van der Waals surface area (Å²) in [4.78, 5) is 2.29. The van der Waals surface area contributed by atoms with E-state index in [-0.39, 0.29) is 0 Å². The molecule has 0 aromatic heterocycles. The summed E-state index contributed by atoms with van der Waals surface area (Å²) < 4.78 is 5.12. The molecule has 0 saturated carbocycles. The van der Waals surface area contributed by atoms with Gasteiger partial charge in [-0.3, -0.25) is 0 Å². The Morgan fingerprint density at radius 1 is 1.31 bits per heavy atom. The number of hydrogen-bond donors (Lipinski definition) is 1. The molecular weight excluding hydrogens is 200 g/mol. The molecule has 3 nitrogen and oxygen atoms in total. The van der Waals surface area contributed by atoms with Gasteiger partial charge >= 0.3 is 0 Å². The van der Waals surface area contributed by atoms with E-state index in [4.69, 9.17) is 10.5 Å². The van der Waals surface area contributed by atoms with E-state index < -0.39 is 0 Å². The van der Waals surface area contributed by atoms with Crippen LogP contribution >= 0.6 is 0 Å². The van der Waals surface area contributed by atoms with Crippen molar-refractivity contribution in [2.45, 2.75) is 19.6 Å². The zero-order chi connectivity index (χ0) is 11.8. The van der Waals surface area contributed by atoms with Crippen molar-refractivity contribution in [1.29, 1.82) is 0 Å². The second-order valence-corrected chi connectivity index (χ2v) is 4.13. The number of hydrogen-bond acceptors (Lipinski definition) is 3. The van der Waals surface area contributed by atoms with Crippen LogP contribution < -0.4 is 5.73 Å². The van der Waals surface area contributed by atoms with Crippen LogP contribution in [-0.4, -0.2) is 32.1 Å². The number of nitrogens with two attached hydrogens (primary N) is 1. The van der Waals surface area contributed by atoms with Crippen LogP contribution in [0.25, 0.3) is 0 Å². The molecule has 0 spiro atoms. The summed E-state index contributed by atoms with van der Waals surface area (Å²) in [6, 6.07) is 8.52. The molecule has 1 aromatic rings. The molecule has 0 unspecified atom stereocenters. The van der Waals surface area contributed by atoms with Crippen molar-refractivity contribution in [3.8, 4) is 0 Å². The second kappa shape index (κ2) is 7.39. The fraction of sp³-hybridized carbons (Fsp3) is 0.538. The van der Waals surface area contributed by atoms with Crippen molar-refractivity contribution in [3.63, 3.8) is 0 Å². The first-order chi connectivity index (χ1) is 7.76. The monoisotopic (exact) mass is 222 g/mol. The number of benzene rings is 1. The largest absolute Gasteiger partial charge is 0.380 e. The van der Waals surface area contributed by atoms with Gasteiger partial charge in [0.1, 0.15) is 0 Å². The summed E-state index contributed by atoms with van der Waals surface area (Å²) in [6.07, 6.45) is 1.05. The van der Waals surface area contributed by atoms with Gasteiger partial charge < -0.3 is 15.4 Å². The van der Waals surface area contributed by atoms with Gasteiger partial charge in [0.15, 0.2) is 0 Å². The summed E-state index contributed by atoms with van der Waals surface area (Å²) in [7, 11) is 3.85. The molecule has 0 radical (unpaired) electrons. The molecule has 0 amide bonds. The lowest BCUT2D eigenvalue weighted by Crippen LogP contribution is -2.21. The average Bonchev–Trinajstić information content (AvgIpc) is 2.27. The standard InChI is InChI=1S/C13H22N2O/c1-15(8-4-7-14)10-12-5-3-6-13(9-12)11-16-2/h3,5-6,9H,4,7-8,10-11,14H2,1-2H3. The average molecular weight is 222 g/mol. The molecule has 1 aromatic carbocycles. The molecule has 0 aliphatic carbocycles. The zero-order valence-electron chi connectivity index (χ0n) is 10.3. The highest BCUT2D eigenvalue weighted by molar-refractivity contribution is 5.22. The maximum absolute atomic E-state index is 5.49. The molecule has 1 rings (SSSR count). The smallest absolute Gasteiger partial charge is 0.0713 e. The molecule has 0 bridgehead atoms. The van der Waals surface area contributed by atoms with Crippen molar-refractivity contribution in [2.75, 3.05) is 27.2 Å². The lowest BCUT2D eigenvalue weighted by atomic mass is 10.1. The third kappa shape index (κ3) is 4.75. The Morgan fingerprint density at radius 2 is 2.06 bits per heavy atom. The van der Waals surface area contributed by atoms with Crippen LogP contribution in [0.3, 0.4) is 0 Å². The Kier molecular flexibility index (Phi) is 6.08. The van der Waals surface area contributed by atoms with E-state index in [0.717, 1.165) is 26.1 Å². The Balaban J connectivity index is 2.49. The Labute approximate surface area is 98.2 Å². The lowest BCUT2D eigenvalue weighted by molar-refractivity contribution is 0.184. The molecule has 2 N–H and O–H groups in total. The molecule has 0 aliphatic rings. The van der Waals surface area contributed by atoms with E-state index in [1.54, 1.807) is 7.11 Å². The zero-order valence-corrected chi connectivity index (χ0v) is 10.3. The fourth-order valence-corrected chi connectivity index (χ4v) is 1.74. The predicted octanol–water partition coefficient (Wildman–Crippen LogP) is 1.61. The van der Waals surface area contributed by atoms with Gasteiger partial charge in [-0.05, 0) is 37.7 Å². The Hall–Kier alpha value is -0.900. The topological polar surface area (TPSA) is 38.5 Å². The van der Waals surface area contributed by atoms with Crippen LogP contribution in [0.15, 0.2) is 24.3 Å². The SMILES string of the molecule is COCc1cccc(CN(C)CCCN)c1. The van der Waals surface area contributed by atoms with Crippen LogP contribution in [-0.2, 0) is 17.9 Å². The summed E-state index contributed by atoms with van der Waals surface area (Å²) in [5.41, 5.74) is 8.05. The third-order valence-corrected chi connectivity index (χ3v) is 2.50. The van der Waals surface area contributed by atoms with Crippen molar-refractivity contribution in [3.05, 3.63) is 35.4 Å². The minimum absolute atomic E-state index is 0.681. The minimum Gasteiger partial charge on any atom is -0.380 e. The Morgan fingerprint density at radius 3 is 2.75 bits per heavy atom. The van der Waals surface area contributed by atoms with Gasteiger partial charge in [0.25, 0.3) is 0 Å². The van der Waals surface area contributed by atoms with E-state index in [9.17, 15) is 0 Å². The van der Waals surface area contributed by atoms with E-state index in [1.165, 1.54) is 11.1 Å². The van der Waals surface area contributed by atoms with Gasteiger partial charge in [-0.25, -0.2) is 0 Å². The normalized spacial score (nSPS) is 11.0. The van der Waals surface area contributed by atoms with Crippen LogP contribution in [0.1, 0.15) is 17.5 Å². The molecule has 0 fully saturated rings. The fourth-order valence-electron chi connectivity index (χ4n) is 1.74. The maximum atomic E-state index is 5.49. The van der Waals surface area contributed by atoms with Gasteiger partial charge in [0.05, 0.1) is 6.61 Å². The van der Waals surface area contributed by atoms with E-state index in [2.05, 4.69) is 36.2 Å². The highest BCUT2D eigenvalue weighted by Gasteiger charge is 2.00. The van der Waals surface area contributed by atoms with Crippen LogP contribution in [0.4, 0.5) is 0 Å². The summed E-state index contributed by atoms with van der Waals surface area (Å²) in [6.45, 7) is 3.46. The molecule has 0 heterocycles. The first-order valence-electron chi connectivity index (χ1n) is 5.71.